The predicted octanol–water partition coefficient (Wildman–Crippen LogP) is 3.26. The fraction of sp³-hybridized carbons (Fsp3) is 0.500. The Bertz CT molecular complexity index is 899. The van der Waals surface area contributed by atoms with Gasteiger partial charge in [-0.25, -0.2) is 4.39 Å². The minimum atomic E-state index is -0.236. The number of benzene rings is 1. The molecule has 2 fully saturated rings. The molecule has 0 atom stereocenters. The summed E-state index contributed by atoms with van der Waals surface area (Å²) in [6.45, 7) is 3.89. The van der Waals surface area contributed by atoms with E-state index in [2.05, 4.69) is 25.5 Å². The summed E-state index contributed by atoms with van der Waals surface area (Å²) in [5, 5.41) is 6.85. The number of rotatable bonds is 6. The Hall–Kier alpha value is -2.52. The minimum absolute atomic E-state index is 0.173. The number of thiocarbonyl (C=S) groups is 1. The average molecular weight is 446 g/mol. The molecule has 166 valence electrons. The zero-order valence-electron chi connectivity index (χ0n) is 17.7. The molecule has 4 rings (SSSR count). The number of nitrogens with one attached hydrogen (secondary N) is 2. The normalized spacial score (nSPS) is 17.9. The maximum absolute atomic E-state index is 13.4. The van der Waals surface area contributed by atoms with Crippen molar-refractivity contribution in [2.45, 2.75) is 31.1 Å². The summed E-state index contributed by atoms with van der Waals surface area (Å²) in [6, 6.07) is 8.57. The van der Waals surface area contributed by atoms with Gasteiger partial charge in [0, 0.05) is 44.3 Å². The van der Waals surface area contributed by atoms with Crippen molar-refractivity contribution in [2.24, 2.45) is 0 Å². The third-order valence-corrected chi connectivity index (χ3v) is 6.29. The van der Waals surface area contributed by atoms with Gasteiger partial charge in [0.25, 0.3) is 0 Å². The van der Waals surface area contributed by atoms with Gasteiger partial charge in [0.15, 0.2) is 5.11 Å². The highest BCUT2D eigenvalue weighted by Crippen LogP contribution is 2.34. The Labute approximate surface area is 187 Å². The van der Waals surface area contributed by atoms with E-state index >= 15 is 0 Å². The van der Waals surface area contributed by atoms with Crippen molar-refractivity contribution in [3.63, 3.8) is 0 Å². The fourth-order valence-electron chi connectivity index (χ4n) is 4.21. The van der Waals surface area contributed by atoms with Crippen LogP contribution >= 0.6 is 12.2 Å². The molecule has 2 aliphatic heterocycles. The summed E-state index contributed by atoms with van der Waals surface area (Å²) >= 11 is 5.53. The van der Waals surface area contributed by atoms with Gasteiger partial charge in [-0.3, -0.25) is 0 Å². The highest BCUT2D eigenvalue weighted by Gasteiger charge is 2.34. The molecule has 0 bridgehead atoms. The second-order valence-corrected chi connectivity index (χ2v) is 8.40. The van der Waals surface area contributed by atoms with E-state index in [0.717, 1.165) is 50.2 Å². The molecule has 9 heteroatoms. The summed E-state index contributed by atoms with van der Waals surface area (Å²) in [5.74, 6) is 1.50. The molecule has 31 heavy (non-hydrogen) atoms. The first-order chi connectivity index (χ1) is 15.1. The van der Waals surface area contributed by atoms with E-state index in [0.29, 0.717) is 36.7 Å². The maximum Gasteiger partial charge on any atom is 0.234 e. The molecule has 0 saturated carbocycles. The molecule has 3 heterocycles. The van der Waals surface area contributed by atoms with Crippen LogP contribution in [0.4, 0.5) is 16.2 Å². The van der Waals surface area contributed by atoms with Crippen LogP contribution in [0.1, 0.15) is 31.2 Å². The van der Waals surface area contributed by atoms with Crippen LogP contribution in [0.25, 0.3) is 0 Å². The van der Waals surface area contributed by atoms with E-state index in [1.165, 1.54) is 12.1 Å². The van der Waals surface area contributed by atoms with Crippen LogP contribution in [0, 0.1) is 5.82 Å². The van der Waals surface area contributed by atoms with Crippen molar-refractivity contribution >= 4 is 29.1 Å². The monoisotopic (exact) mass is 445 g/mol. The van der Waals surface area contributed by atoms with Crippen LogP contribution in [0.2, 0.25) is 0 Å². The first-order valence-electron chi connectivity index (χ1n) is 10.6. The van der Waals surface area contributed by atoms with Crippen molar-refractivity contribution in [2.75, 3.05) is 50.2 Å². The molecular formula is C22H28FN5O2S. The Balaban J connectivity index is 1.45. The summed E-state index contributed by atoms with van der Waals surface area (Å²) < 4.78 is 24.4. The Kier molecular flexibility index (Phi) is 6.82. The number of hydrogen-bond donors (Lipinski definition) is 2. The number of methoxy groups -OCH3 is 1. The lowest BCUT2D eigenvalue weighted by molar-refractivity contribution is 0.0515. The van der Waals surface area contributed by atoms with Crippen molar-refractivity contribution < 1.29 is 13.9 Å². The van der Waals surface area contributed by atoms with Gasteiger partial charge in [0.1, 0.15) is 11.6 Å². The summed E-state index contributed by atoms with van der Waals surface area (Å²) in [6.07, 6.45) is 3.99. The molecule has 0 spiro atoms. The number of halogens is 1. The van der Waals surface area contributed by atoms with Crippen LogP contribution in [-0.2, 0) is 10.2 Å². The van der Waals surface area contributed by atoms with Gasteiger partial charge >= 0.3 is 0 Å². The number of anilines is 2. The SMILES string of the molecule is COc1cc(N2CCCC2)nc(NC(=S)NCC2(c3ccc(F)cc3)CCOCC2)n1. The van der Waals surface area contributed by atoms with Crippen molar-refractivity contribution in [3.8, 4) is 5.88 Å². The van der Waals surface area contributed by atoms with Gasteiger partial charge in [-0.05, 0) is 55.6 Å². The zero-order valence-corrected chi connectivity index (χ0v) is 18.5. The molecule has 0 unspecified atom stereocenters. The molecule has 0 aliphatic carbocycles. The largest absolute Gasteiger partial charge is 0.481 e. The van der Waals surface area contributed by atoms with Crippen LogP contribution in [0.15, 0.2) is 30.3 Å². The second-order valence-electron chi connectivity index (χ2n) is 7.99. The van der Waals surface area contributed by atoms with E-state index < -0.39 is 0 Å². The lowest BCUT2D eigenvalue weighted by Gasteiger charge is -2.38. The van der Waals surface area contributed by atoms with Gasteiger partial charge in [-0.2, -0.15) is 9.97 Å². The molecule has 2 saturated heterocycles. The first kappa shape index (κ1) is 21.7. The third-order valence-electron chi connectivity index (χ3n) is 6.05. The van der Waals surface area contributed by atoms with E-state index in [1.54, 1.807) is 7.11 Å². The smallest absolute Gasteiger partial charge is 0.234 e. The molecule has 0 radical (unpaired) electrons. The van der Waals surface area contributed by atoms with Gasteiger partial charge in [0.2, 0.25) is 11.8 Å². The van der Waals surface area contributed by atoms with Crippen molar-refractivity contribution in [1.82, 2.24) is 15.3 Å². The topological polar surface area (TPSA) is 71.5 Å². The van der Waals surface area contributed by atoms with Gasteiger partial charge < -0.3 is 25.0 Å². The second kappa shape index (κ2) is 9.74. The highest BCUT2D eigenvalue weighted by atomic mass is 32.1. The summed E-state index contributed by atoms with van der Waals surface area (Å²) in [7, 11) is 1.59. The highest BCUT2D eigenvalue weighted by molar-refractivity contribution is 7.80. The van der Waals surface area contributed by atoms with Crippen LogP contribution in [0.5, 0.6) is 5.88 Å². The Morgan fingerprint density at radius 3 is 2.58 bits per heavy atom. The lowest BCUT2D eigenvalue weighted by atomic mass is 9.74. The fourth-order valence-corrected chi connectivity index (χ4v) is 4.37. The number of ether oxygens (including phenoxy) is 2. The standard InChI is InChI=1S/C22H28FN5O2S/c1-29-19-14-18(28-10-2-3-11-28)25-20(26-19)27-21(31)24-15-22(8-12-30-13-9-22)16-4-6-17(23)7-5-16/h4-7,14H,2-3,8-13,15H2,1H3,(H2,24,25,26,27,31). The van der Waals surface area contributed by atoms with E-state index in [1.807, 2.05) is 18.2 Å². The minimum Gasteiger partial charge on any atom is -0.481 e. The predicted molar refractivity (Wildman–Crippen MR) is 122 cm³/mol. The number of nitrogens with zero attached hydrogens (tertiary/aromatic N) is 3. The van der Waals surface area contributed by atoms with Crippen LogP contribution in [-0.4, -0.2) is 55.0 Å². The molecule has 2 aliphatic rings. The molecule has 2 aromatic rings. The van der Waals surface area contributed by atoms with E-state index in [-0.39, 0.29) is 11.2 Å². The van der Waals surface area contributed by atoms with Crippen molar-refractivity contribution in [3.05, 3.63) is 41.7 Å². The molecule has 2 N–H and O–H groups in total. The molecular weight excluding hydrogens is 417 g/mol. The molecule has 1 aromatic carbocycles. The van der Waals surface area contributed by atoms with Crippen LogP contribution in [0.3, 0.4) is 0 Å². The summed E-state index contributed by atoms with van der Waals surface area (Å²) in [4.78, 5) is 11.2. The Morgan fingerprint density at radius 1 is 1.19 bits per heavy atom. The number of aromatic nitrogens is 2. The van der Waals surface area contributed by atoms with Crippen molar-refractivity contribution in [1.29, 1.82) is 0 Å². The van der Waals surface area contributed by atoms with Gasteiger partial charge in [-0.1, -0.05) is 12.1 Å². The third kappa shape index (κ3) is 5.22. The van der Waals surface area contributed by atoms with E-state index in [9.17, 15) is 4.39 Å². The Morgan fingerprint density at radius 2 is 1.90 bits per heavy atom. The molecule has 0 amide bonds. The molecule has 1 aromatic heterocycles. The quantitative estimate of drug-likeness (QED) is 0.657. The summed E-state index contributed by atoms with van der Waals surface area (Å²) in [5.41, 5.74) is 0.912. The van der Waals surface area contributed by atoms with Gasteiger partial charge in [0.05, 0.1) is 7.11 Å². The molecule has 7 nitrogen and oxygen atoms in total. The average Bonchev–Trinajstić information content (AvgIpc) is 3.34. The van der Waals surface area contributed by atoms with Gasteiger partial charge in [-0.15, -0.1) is 0 Å². The zero-order chi connectivity index (χ0) is 21.7. The van der Waals surface area contributed by atoms with Crippen LogP contribution < -0.4 is 20.3 Å². The van der Waals surface area contributed by atoms with E-state index in [4.69, 9.17) is 21.7 Å². The lowest BCUT2D eigenvalue weighted by Crippen LogP contribution is -2.45. The first-order valence-corrected chi connectivity index (χ1v) is 11.1. The maximum atomic E-state index is 13.4. The number of hydrogen-bond acceptors (Lipinski definition) is 6.